The van der Waals surface area contributed by atoms with Crippen LogP contribution in [0.25, 0.3) is 0 Å². The van der Waals surface area contributed by atoms with E-state index in [1.54, 1.807) is 37.3 Å². The van der Waals surface area contributed by atoms with E-state index in [1.807, 2.05) is 0 Å². The molecule has 1 N–H and O–H groups in total. The van der Waals surface area contributed by atoms with Gasteiger partial charge in [-0.05, 0) is 31.0 Å². The zero-order valence-corrected chi connectivity index (χ0v) is 17.2. The number of nitrogens with zero attached hydrogens (tertiary/aromatic N) is 2. The van der Waals surface area contributed by atoms with Crippen molar-refractivity contribution in [1.82, 2.24) is 0 Å². The van der Waals surface area contributed by atoms with Crippen LogP contribution in [0.5, 0.6) is 5.75 Å². The molecule has 0 fully saturated rings. The average Bonchev–Trinajstić information content (AvgIpc) is 2.65. The van der Waals surface area contributed by atoms with Crippen LogP contribution in [0, 0.1) is 17.0 Å². The van der Waals surface area contributed by atoms with Gasteiger partial charge in [-0.15, -0.1) is 0 Å². The molecule has 0 spiro atoms. The topological polar surface area (TPSA) is 119 Å². The molecule has 0 heterocycles. The lowest BCUT2D eigenvalue weighted by atomic mass is 10.1. The van der Waals surface area contributed by atoms with E-state index in [4.69, 9.17) is 4.74 Å². The normalized spacial score (nSPS) is 11.0. The monoisotopic (exact) mass is 421 g/mol. The van der Waals surface area contributed by atoms with E-state index >= 15 is 0 Å². The first-order chi connectivity index (χ1) is 13.6. The van der Waals surface area contributed by atoms with E-state index in [0.717, 1.165) is 6.26 Å². The lowest BCUT2D eigenvalue weighted by Crippen LogP contribution is -2.31. The fraction of sp³-hybridized carbons (Fsp3) is 0.316. The summed E-state index contributed by atoms with van der Waals surface area (Å²) in [5.41, 5.74) is 1.38. The highest BCUT2D eigenvalue weighted by molar-refractivity contribution is 7.92. The SMILES string of the molecule is COc1cccc(N(CCCC(=O)Nc2cc([N+](=O)[O-])ccc2C)S(C)(=O)=O)c1. The molecule has 0 radical (unpaired) electrons. The Hall–Kier alpha value is -3.14. The van der Waals surface area contributed by atoms with Crippen molar-refractivity contribution in [2.75, 3.05) is 29.5 Å². The van der Waals surface area contributed by atoms with E-state index in [9.17, 15) is 23.3 Å². The first-order valence-corrected chi connectivity index (χ1v) is 10.6. The van der Waals surface area contributed by atoms with E-state index in [0.29, 0.717) is 22.7 Å². The van der Waals surface area contributed by atoms with E-state index < -0.39 is 14.9 Å². The van der Waals surface area contributed by atoms with E-state index in [-0.39, 0.29) is 31.0 Å². The standard InChI is InChI=1S/C19H23N3O6S/c1-14-9-10-16(22(24)25)13-18(14)20-19(23)8-5-11-21(29(3,26)27)15-6-4-7-17(12-15)28-2/h4,6-7,9-10,12-13H,5,8,11H2,1-3H3,(H,20,23). The average molecular weight is 421 g/mol. The summed E-state index contributed by atoms with van der Waals surface area (Å²) >= 11 is 0. The number of ether oxygens (including phenoxy) is 1. The van der Waals surface area contributed by atoms with Crippen molar-refractivity contribution >= 4 is 33.0 Å². The summed E-state index contributed by atoms with van der Waals surface area (Å²) in [6.07, 6.45) is 1.42. The van der Waals surface area contributed by atoms with Crippen LogP contribution in [0.4, 0.5) is 17.1 Å². The third-order valence-electron chi connectivity index (χ3n) is 4.21. The van der Waals surface area contributed by atoms with Crippen molar-refractivity contribution in [1.29, 1.82) is 0 Å². The van der Waals surface area contributed by atoms with Crippen LogP contribution in [0.2, 0.25) is 0 Å². The number of aryl methyl sites for hydroxylation is 1. The maximum Gasteiger partial charge on any atom is 0.271 e. The minimum Gasteiger partial charge on any atom is -0.497 e. The number of methoxy groups -OCH3 is 1. The molecule has 1 amide bonds. The molecule has 0 bridgehead atoms. The number of nitrogens with one attached hydrogen (secondary N) is 1. The largest absolute Gasteiger partial charge is 0.497 e. The highest BCUT2D eigenvalue weighted by atomic mass is 32.2. The van der Waals surface area contributed by atoms with Gasteiger partial charge in [-0.25, -0.2) is 8.42 Å². The van der Waals surface area contributed by atoms with Gasteiger partial charge in [0.05, 0.1) is 29.7 Å². The number of nitro benzene ring substituents is 1. The smallest absolute Gasteiger partial charge is 0.271 e. The van der Waals surface area contributed by atoms with Crippen LogP contribution in [-0.2, 0) is 14.8 Å². The number of benzene rings is 2. The van der Waals surface area contributed by atoms with Crippen LogP contribution >= 0.6 is 0 Å². The molecule has 0 saturated carbocycles. The Morgan fingerprint density at radius 1 is 1.24 bits per heavy atom. The maximum atomic E-state index is 12.2. The first kappa shape index (κ1) is 22.2. The molecule has 2 rings (SSSR count). The molecule has 0 aromatic heterocycles. The van der Waals surface area contributed by atoms with Crippen LogP contribution in [-0.4, -0.2) is 39.2 Å². The lowest BCUT2D eigenvalue weighted by Gasteiger charge is -2.22. The van der Waals surface area contributed by atoms with Gasteiger partial charge in [-0.3, -0.25) is 19.2 Å². The molecular weight excluding hydrogens is 398 g/mol. The predicted molar refractivity (Wildman–Crippen MR) is 111 cm³/mol. The second-order valence-electron chi connectivity index (χ2n) is 6.44. The molecule has 9 nitrogen and oxygen atoms in total. The number of carbonyl (C=O) groups excluding carboxylic acids is 1. The minimum atomic E-state index is -3.55. The number of sulfonamides is 1. The zero-order valence-electron chi connectivity index (χ0n) is 16.4. The van der Waals surface area contributed by atoms with Crippen molar-refractivity contribution in [2.45, 2.75) is 19.8 Å². The molecule has 0 aliphatic rings. The van der Waals surface area contributed by atoms with Gasteiger partial charge < -0.3 is 10.1 Å². The highest BCUT2D eigenvalue weighted by Crippen LogP contribution is 2.24. The summed E-state index contributed by atoms with van der Waals surface area (Å²) in [6, 6.07) is 10.9. The molecule has 0 aliphatic heterocycles. The van der Waals surface area contributed by atoms with Crippen molar-refractivity contribution in [3.05, 3.63) is 58.1 Å². The van der Waals surface area contributed by atoms with E-state index in [2.05, 4.69) is 5.32 Å². The molecule has 0 unspecified atom stereocenters. The second kappa shape index (κ2) is 9.37. The summed E-state index contributed by atoms with van der Waals surface area (Å²) < 4.78 is 30.7. The Kier molecular flexibility index (Phi) is 7.16. The van der Waals surface area contributed by atoms with Gasteiger partial charge in [0.2, 0.25) is 15.9 Å². The minimum absolute atomic E-state index is 0.0537. The summed E-state index contributed by atoms with van der Waals surface area (Å²) in [7, 11) is -2.06. The highest BCUT2D eigenvalue weighted by Gasteiger charge is 2.18. The third-order valence-corrected chi connectivity index (χ3v) is 5.41. The van der Waals surface area contributed by atoms with Crippen LogP contribution < -0.4 is 14.4 Å². The van der Waals surface area contributed by atoms with Gasteiger partial charge in [0.15, 0.2) is 0 Å². The number of nitro groups is 1. The predicted octanol–water partition coefficient (Wildman–Crippen LogP) is 3.10. The van der Waals surface area contributed by atoms with Gasteiger partial charge in [0.1, 0.15) is 5.75 Å². The van der Waals surface area contributed by atoms with E-state index in [1.165, 1.54) is 23.5 Å². The van der Waals surface area contributed by atoms with Crippen LogP contribution in [0.15, 0.2) is 42.5 Å². The summed E-state index contributed by atoms with van der Waals surface area (Å²) in [6.45, 7) is 1.83. The molecule has 2 aromatic rings. The second-order valence-corrected chi connectivity index (χ2v) is 8.35. The third kappa shape index (κ3) is 6.18. The van der Waals surface area contributed by atoms with Crippen molar-refractivity contribution in [3.8, 4) is 5.75 Å². The fourth-order valence-corrected chi connectivity index (χ4v) is 3.66. The summed E-state index contributed by atoms with van der Waals surface area (Å²) in [4.78, 5) is 22.6. The van der Waals surface area contributed by atoms with Gasteiger partial charge in [0.25, 0.3) is 5.69 Å². The van der Waals surface area contributed by atoms with Gasteiger partial charge >= 0.3 is 0 Å². The molecule has 2 aromatic carbocycles. The number of hydrogen-bond donors (Lipinski definition) is 1. The number of non-ortho nitro benzene ring substituents is 1. The molecule has 29 heavy (non-hydrogen) atoms. The van der Waals surface area contributed by atoms with Crippen molar-refractivity contribution < 1.29 is 22.9 Å². The zero-order chi connectivity index (χ0) is 21.6. The quantitative estimate of drug-likeness (QED) is 0.491. The number of hydrogen-bond acceptors (Lipinski definition) is 6. The number of anilines is 2. The Balaban J connectivity index is 2.03. The summed E-state index contributed by atoms with van der Waals surface area (Å²) in [5, 5.41) is 13.5. The molecule has 10 heteroatoms. The molecule has 0 atom stereocenters. The van der Waals surface area contributed by atoms with Crippen molar-refractivity contribution in [2.24, 2.45) is 0 Å². The number of amides is 1. The Morgan fingerprint density at radius 3 is 2.59 bits per heavy atom. The molecule has 156 valence electrons. The molecule has 0 saturated heterocycles. The van der Waals surface area contributed by atoms with Gasteiger partial charge in [-0.2, -0.15) is 0 Å². The van der Waals surface area contributed by atoms with Crippen molar-refractivity contribution in [3.63, 3.8) is 0 Å². The molecule has 0 aliphatic carbocycles. The Labute approximate surface area is 169 Å². The summed E-state index contributed by atoms with van der Waals surface area (Å²) in [5.74, 6) is 0.169. The Bertz CT molecular complexity index is 1010. The number of carbonyl (C=O) groups is 1. The number of rotatable bonds is 9. The Morgan fingerprint density at radius 2 is 1.97 bits per heavy atom. The van der Waals surface area contributed by atoms with Crippen LogP contribution in [0.1, 0.15) is 18.4 Å². The molecular formula is C19H23N3O6S. The van der Waals surface area contributed by atoms with Gasteiger partial charge in [0, 0.05) is 31.2 Å². The van der Waals surface area contributed by atoms with Crippen LogP contribution in [0.3, 0.4) is 0 Å². The fourth-order valence-electron chi connectivity index (χ4n) is 2.71. The maximum absolute atomic E-state index is 12.2. The first-order valence-electron chi connectivity index (χ1n) is 8.78. The van der Waals surface area contributed by atoms with Gasteiger partial charge in [-0.1, -0.05) is 12.1 Å². The lowest BCUT2D eigenvalue weighted by molar-refractivity contribution is -0.384.